The van der Waals surface area contributed by atoms with Crippen LogP contribution in [0.2, 0.25) is 0 Å². The maximum atomic E-state index is 9.79. The van der Waals surface area contributed by atoms with E-state index in [0.29, 0.717) is 6.04 Å². The Morgan fingerprint density at radius 1 is 1.23 bits per heavy atom. The molecule has 1 aromatic heterocycles. The topological polar surface area (TPSA) is 25.2 Å². The van der Waals surface area contributed by atoms with Crippen molar-refractivity contribution in [2.75, 3.05) is 0 Å². The molecule has 0 amide bonds. The lowest BCUT2D eigenvalue weighted by molar-refractivity contribution is 0.134. The van der Waals surface area contributed by atoms with Crippen LogP contribution in [0.3, 0.4) is 0 Å². The summed E-state index contributed by atoms with van der Waals surface area (Å²) in [5.41, 5.74) is 2.53. The Hall–Kier alpha value is -0.760. The van der Waals surface area contributed by atoms with Crippen LogP contribution >= 0.6 is 0 Å². The summed E-state index contributed by atoms with van der Waals surface area (Å²) in [6, 6.07) is 4.58. The highest BCUT2D eigenvalue weighted by Gasteiger charge is 2.27. The lowest BCUT2D eigenvalue weighted by atomic mass is 10.2. The van der Waals surface area contributed by atoms with Crippen LogP contribution in [-0.4, -0.2) is 15.8 Å². The van der Waals surface area contributed by atoms with Crippen molar-refractivity contribution in [2.45, 2.75) is 45.3 Å². The van der Waals surface area contributed by atoms with Crippen LogP contribution in [0.15, 0.2) is 12.1 Å². The number of hydrogen-bond acceptors (Lipinski definition) is 1. The number of aryl methyl sites for hydroxylation is 2. The zero-order chi connectivity index (χ0) is 9.42. The molecule has 1 N–H and O–H groups in total. The molecule has 0 saturated heterocycles. The summed E-state index contributed by atoms with van der Waals surface area (Å²) in [6.07, 6.45) is 3.10. The van der Waals surface area contributed by atoms with Gasteiger partial charge >= 0.3 is 0 Å². The van der Waals surface area contributed by atoms with Gasteiger partial charge in [0, 0.05) is 11.4 Å². The summed E-state index contributed by atoms with van der Waals surface area (Å²) in [5.74, 6) is 0. The smallest absolute Gasteiger partial charge is 0.0747 e. The van der Waals surface area contributed by atoms with E-state index in [2.05, 4.69) is 30.5 Å². The Morgan fingerprint density at radius 3 is 2.31 bits per heavy atom. The fraction of sp³-hybridized carbons (Fsp3) is 0.636. The first-order valence-corrected chi connectivity index (χ1v) is 5.02. The molecule has 0 spiro atoms. The summed E-state index contributed by atoms with van der Waals surface area (Å²) < 4.78 is 2.28. The number of aliphatic hydroxyl groups is 1. The van der Waals surface area contributed by atoms with Crippen LogP contribution in [0.5, 0.6) is 0 Å². The fourth-order valence-electron chi connectivity index (χ4n) is 2.43. The molecule has 1 saturated carbocycles. The minimum absolute atomic E-state index is 0.134. The Kier molecular flexibility index (Phi) is 2.16. The predicted octanol–water partition coefficient (Wildman–Crippen LogP) is 2.19. The number of aromatic nitrogens is 1. The van der Waals surface area contributed by atoms with Gasteiger partial charge < -0.3 is 9.67 Å². The highest BCUT2D eigenvalue weighted by Crippen LogP contribution is 2.32. The van der Waals surface area contributed by atoms with Crippen LogP contribution < -0.4 is 0 Å². The van der Waals surface area contributed by atoms with E-state index in [1.54, 1.807) is 0 Å². The van der Waals surface area contributed by atoms with Crippen LogP contribution in [0.1, 0.15) is 36.7 Å². The van der Waals surface area contributed by atoms with E-state index in [1.165, 1.54) is 11.4 Å². The first-order valence-electron chi connectivity index (χ1n) is 5.02. The van der Waals surface area contributed by atoms with E-state index in [0.717, 1.165) is 19.3 Å². The lowest BCUT2D eigenvalue weighted by Crippen LogP contribution is -2.19. The first-order chi connectivity index (χ1) is 6.20. The van der Waals surface area contributed by atoms with Crippen LogP contribution in [0.4, 0.5) is 0 Å². The van der Waals surface area contributed by atoms with Crippen molar-refractivity contribution in [1.29, 1.82) is 0 Å². The Labute approximate surface area is 79.2 Å². The van der Waals surface area contributed by atoms with Crippen molar-refractivity contribution in [3.63, 3.8) is 0 Å². The van der Waals surface area contributed by atoms with Gasteiger partial charge in [-0.25, -0.2) is 0 Å². The molecule has 1 aromatic rings. The second-order valence-electron chi connectivity index (χ2n) is 4.05. The lowest BCUT2D eigenvalue weighted by Gasteiger charge is -2.20. The van der Waals surface area contributed by atoms with Crippen molar-refractivity contribution in [1.82, 2.24) is 4.57 Å². The SMILES string of the molecule is Cc1ccc(C)n1C1CCCC1O. The van der Waals surface area contributed by atoms with Gasteiger partial charge in [0.2, 0.25) is 0 Å². The van der Waals surface area contributed by atoms with Crippen molar-refractivity contribution < 1.29 is 5.11 Å². The van der Waals surface area contributed by atoms with Crippen molar-refractivity contribution in [3.8, 4) is 0 Å². The third kappa shape index (κ3) is 1.39. The summed E-state index contributed by atoms with van der Waals surface area (Å²) in [4.78, 5) is 0. The Morgan fingerprint density at radius 2 is 1.85 bits per heavy atom. The molecule has 1 aliphatic rings. The first kappa shape index (κ1) is 8.82. The summed E-state index contributed by atoms with van der Waals surface area (Å²) >= 11 is 0. The van der Waals surface area contributed by atoms with Crippen molar-refractivity contribution in [2.24, 2.45) is 0 Å². The van der Waals surface area contributed by atoms with Gasteiger partial charge in [0.05, 0.1) is 12.1 Å². The Balaban J connectivity index is 2.33. The minimum atomic E-state index is -0.134. The molecular formula is C11H17NO. The molecule has 0 radical (unpaired) electrons. The van der Waals surface area contributed by atoms with E-state index in [1.807, 2.05) is 0 Å². The maximum absolute atomic E-state index is 9.79. The standard InChI is InChI=1S/C11H17NO/c1-8-6-7-9(2)12(8)10-4-3-5-11(10)13/h6-7,10-11,13H,3-5H2,1-2H3. The number of hydrogen-bond donors (Lipinski definition) is 1. The maximum Gasteiger partial charge on any atom is 0.0747 e. The number of nitrogens with zero attached hydrogens (tertiary/aromatic N) is 1. The molecule has 2 nitrogen and oxygen atoms in total. The molecule has 0 aromatic carbocycles. The summed E-state index contributed by atoms with van der Waals surface area (Å²) in [6.45, 7) is 4.22. The molecule has 0 bridgehead atoms. The van der Waals surface area contributed by atoms with E-state index in [9.17, 15) is 5.11 Å². The average molecular weight is 179 g/mol. The summed E-state index contributed by atoms with van der Waals surface area (Å²) in [7, 11) is 0. The highest BCUT2D eigenvalue weighted by molar-refractivity contribution is 5.16. The van der Waals surface area contributed by atoms with Crippen molar-refractivity contribution in [3.05, 3.63) is 23.5 Å². The van der Waals surface area contributed by atoms with Gasteiger partial charge in [0.25, 0.3) is 0 Å². The van der Waals surface area contributed by atoms with Crippen LogP contribution in [0.25, 0.3) is 0 Å². The monoisotopic (exact) mass is 179 g/mol. The number of rotatable bonds is 1. The average Bonchev–Trinajstić information content (AvgIpc) is 2.60. The zero-order valence-electron chi connectivity index (χ0n) is 8.33. The molecule has 0 aliphatic heterocycles. The second kappa shape index (κ2) is 3.18. The van der Waals surface area contributed by atoms with Gasteiger partial charge in [-0.05, 0) is 45.2 Å². The zero-order valence-corrected chi connectivity index (χ0v) is 8.33. The highest BCUT2D eigenvalue weighted by atomic mass is 16.3. The molecule has 2 atom stereocenters. The molecule has 2 heteroatoms. The fourth-order valence-corrected chi connectivity index (χ4v) is 2.43. The van der Waals surface area contributed by atoms with Gasteiger partial charge in [0.15, 0.2) is 0 Å². The van der Waals surface area contributed by atoms with Crippen LogP contribution in [-0.2, 0) is 0 Å². The van der Waals surface area contributed by atoms with E-state index in [-0.39, 0.29) is 6.10 Å². The number of aliphatic hydroxyl groups excluding tert-OH is 1. The quantitative estimate of drug-likeness (QED) is 0.702. The van der Waals surface area contributed by atoms with Crippen molar-refractivity contribution >= 4 is 0 Å². The van der Waals surface area contributed by atoms with Gasteiger partial charge in [-0.1, -0.05) is 0 Å². The molecule has 1 heterocycles. The molecule has 13 heavy (non-hydrogen) atoms. The largest absolute Gasteiger partial charge is 0.391 e. The minimum Gasteiger partial charge on any atom is -0.391 e. The molecule has 2 rings (SSSR count). The van der Waals surface area contributed by atoms with E-state index in [4.69, 9.17) is 0 Å². The van der Waals surface area contributed by atoms with Gasteiger partial charge in [-0.2, -0.15) is 0 Å². The Bertz CT molecular complexity index is 284. The molecule has 72 valence electrons. The van der Waals surface area contributed by atoms with E-state index < -0.39 is 0 Å². The molecule has 1 fully saturated rings. The summed E-state index contributed by atoms with van der Waals surface area (Å²) in [5, 5.41) is 9.79. The molecule has 1 aliphatic carbocycles. The van der Waals surface area contributed by atoms with E-state index >= 15 is 0 Å². The molecular weight excluding hydrogens is 162 g/mol. The van der Waals surface area contributed by atoms with Gasteiger partial charge in [-0.3, -0.25) is 0 Å². The van der Waals surface area contributed by atoms with Gasteiger partial charge in [-0.15, -0.1) is 0 Å². The third-order valence-electron chi connectivity index (χ3n) is 3.10. The van der Waals surface area contributed by atoms with Crippen LogP contribution in [0, 0.1) is 13.8 Å². The second-order valence-corrected chi connectivity index (χ2v) is 4.05. The third-order valence-corrected chi connectivity index (χ3v) is 3.10. The molecule has 2 unspecified atom stereocenters. The predicted molar refractivity (Wildman–Crippen MR) is 52.8 cm³/mol. The normalized spacial score (nSPS) is 28.2. The van der Waals surface area contributed by atoms with Gasteiger partial charge in [0.1, 0.15) is 0 Å².